The van der Waals surface area contributed by atoms with Crippen LogP contribution >= 0.6 is 0 Å². The fourth-order valence-corrected chi connectivity index (χ4v) is 0.567. The third-order valence-corrected chi connectivity index (χ3v) is 2.10. The van der Waals surface area contributed by atoms with Crippen molar-refractivity contribution in [1.29, 1.82) is 0 Å². The molecule has 0 amide bonds. The Labute approximate surface area is 123 Å². The Bertz CT molecular complexity index is 316. The molecule has 0 saturated carbocycles. The van der Waals surface area contributed by atoms with Gasteiger partial charge < -0.3 is 35.9 Å². The van der Waals surface area contributed by atoms with Gasteiger partial charge in [-0.25, -0.2) is 0 Å². The van der Waals surface area contributed by atoms with Crippen molar-refractivity contribution in [1.82, 2.24) is 10.6 Å². The van der Waals surface area contributed by atoms with Gasteiger partial charge in [-0.15, -0.1) is 0 Å². The number of rotatable bonds is 3. The van der Waals surface area contributed by atoms with E-state index in [2.05, 4.69) is 31.0 Å². The molecule has 0 aliphatic heterocycles. The number of amidine groups is 2. The first kappa shape index (κ1) is 18.6. The molecule has 0 aromatic rings. The zero-order valence-electron chi connectivity index (χ0n) is 9.91. The maximum atomic E-state index is 4.81. The van der Waals surface area contributed by atoms with Crippen LogP contribution in [0.5, 0.6) is 0 Å². The molecule has 0 fully saturated rings. The maximum Gasteiger partial charge on any atom is 2.00 e. The van der Waals surface area contributed by atoms with Gasteiger partial charge in [0.2, 0.25) is 0 Å². The second-order valence-corrected chi connectivity index (χ2v) is 3.45. The molecule has 0 spiro atoms. The fraction of sp³-hybridized carbons (Fsp3) is 0.500. The normalized spacial score (nSPS) is 14.1. The summed E-state index contributed by atoms with van der Waals surface area (Å²) in [5.41, 5.74) is 1.25. The third-order valence-electron chi connectivity index (χ3n) is 1.53. The van der Waals surface area contributed by atoms with Crippen LogP contribution in [0.4, 0.5) is 0 Å². The van der Waals surface area contributed by atoms with Gasteiger partial charge >= 0.3 is 17.1 Å². The number of hydrogen-bond acceptors (Lipinski definition) is 6. The Morgan fingerprint density at radius 3 is 1.29 bits per heavy atom. The Morgan fingerprint density at radius 2 is 1.06 bits per heavy atom. The SMILES string of the molecule is CN/C([S-])=N/N=C(C)/C(C)=N/N=C(\[S-])NC.[Cu+2]. The van der Waals surface area contributed by atoms with E-state index in [4.69, 9.17) is 25.3 Å². The van der Waals surface area contributed by atoms with Gasteiger partial charge in [0.25, 0.3) is 0 Å². The summed E-state index contributed by atoms with van der Waals surface area (Å²) in [7, 11) is 3.36. The molecular weight excluding hydrogens is 308 g/mol. The summed E-state index contributed by atoms with van der Waals surface area (Å²) in [5, 5.41) is 21.3. The molecule has 1 radical (unpaired) electrons. The van der Waals surface area contributed by atoms with Crippen LogP contribution in [0.1, 0.15) is 13.8 Å². The minimum Gasteiger partial charge on any atom is -0.741 e. The van der Waals surface area contributed by atoms with E-state index in [9.17, 15) is 0 Å². The number of nitrogens with zero attached hydrogens (tertiary/aromatic N) is 4. The van der Waals surface area contributed by atoms with Crippen molar-refractivity contribution < 1.29 is 17.1 Å². The minimum absolute atomic E-state index is 0. The molecule has 0 aromatic heterocycles. The Hall–Kier alpha value is -0.761. The Morgan fingerprint density at radius 1 is 0.765 bits per heavy atom. The van der Waals surface area contributed by atoms with Crippen molar-refractivity contribution in [3.63, 3.8) is 0 Å². The molecule has 0 saturated heterocycles. The molecule has 99 valence electrons. The summed E-state index contributed by atoms with van der Waals surface area (Å²) < 4.78 is 0. The monoisotopic (exact) mass is 321 g/mol. The van der Waals surface area contributed by atoms with Crippen LogP contribution in [0.3, 0.4) is 0 Å². The van der Waals surface area contributed by atoms with Crippen LogP contribution in [0, 0.1) is 0 Å². The molecule has 6 nitrogen and oxygen atoms in total. The smallest absolute Gasteiger partial charge is 0.741 e. The van der Waals surface area contributed by atoms with Crippen molar-refractivity contribution >= 4 is 47.0 Å². The first-order valence-electron chi connectivity index (χ1n) is 4.45. The van der Waals surface area contributed by atoms with Crippen molar-refractivity contribution in [2.45, 2.75) is 13.8 Å². The molecule has 0 aromatic carbocycles. The number of nitrogens with one attached hydrogen (secondary N) is 2. The predicted molar refractivity (Wildman–Crippen MR) is 73.9 cm³/mol. The van der Waals surface area contributed by atoms with E-state index in [1.54, 1.807) is 27.9 Å². The van der Waals surface area contributed by atoms with E-state index in [-0.39, 0.29) is 17.1 Å². The molecule has 0 unspecified atom stereocenters. The Balaban J connectivity index is 0. The summed E-state index contributed by atoms with van der Waals surface area (Å²) >= 11 is 9.61. The average Bonchev–Trinajstić information content (AvgIpc) is 2.31. The quantitative estimate of drug-likeness (QED) is 0.252. The molecule has 0 heterocycles. The van der Waals surface area contributed by atoms with E-state index in [0.29, 0.717) is 21.8 Å². The zero-order valence-corrected chi connectivity index (χ0v) is 12.5. The largest absolute Gasteiger partial charge is 2.00 e. The van der Waals surface area contributed by atoms with E-state index >= 15 is 0 Å². The van der Waals surface area contributed by atoms with E-state index < -0.39 is 0 Å². The molecule has 2 N–H and O–H groups in total. The van der Waals surface area contributed by atoms with Gasteiger partial charge in [-0.05, 0) is 24.2 Å². The van der Waals surface area contributed by atoms with Crippen LogP contribution in [-0.2, 0) is 42.3 Å². The zero-order chi connectivity index (χ0) is 12.6. The van der Waals surface area contributed by atoms with E-state index in [1.165, 1.54) is 0 Å². The predicted octanol–water partition coefficient (Wildman–Crippen LogP) is -0.0197. The summed E-state index contributed by atoms with van der Waals surface area (Å²) in [4.78, 5) is 0. The summed E-state index contributed by atoms with van der Waals surface area (Å²) in [6.45, 7) is 3.52. The van der Waals surface area contributed by atoms with Gasteiger partial charge in [0, 0.05) is 14.1 Å². The molecule has 0 rings (SSSR count). The molecule has 17 heavy (non-hydrogen) atoms. The summed E-state index contributed by atoms with van der Waals surface area (Å²) in [6, 6.07) is 0. The van der Waals surface area contributed by atoms with Crippen LogP contribution < -0.4 is 10.6 Å². The first-order chi connectivity index (χ1) is 7.51. The number of hydrogen-bond donors (Lipinski definition) is 2. The van der Waals surface area contributed by atoms with Crippen LogP contribution in [0.2, 0.25) is 0 Å². The summed E-state index contributed by atoms with van der Waals surface area (Å²) in [5.74, 6) is 0. The van der Waals surface area contributed by atoms with Gasteiger partial charge in [0.1, 0.15) is 0 Å². The fourth-order valence-electron chi connectivity index (χ4n) is 0.486. The van der Waals surface area contributed by atoms with Crippen LogP contribution in [0.15, 0.2) is 20.4 Å². The molecule has 0 aliphatic rings. The van der Waals surface area contributed by atoms with Gasteiger partial charge in [-0.2, -0.15) is 20.4 Å². The van der Waals surface area contributed by atoms with Crippen molar-refractivity contribution in [3.8, 4) is 0 Å². The average molecular weight is 322 g/mol. The molecular formula is C8H14CuN6S2. The minimum atomic E-state index is 0. The van der Waals surface area contributed by atoms with Crippen molar-refractivity contribution in [3.05, 3.63) is 0 Å². The van der Waals surface area contributed by atoms with Gasteiger partial charge in [-0.3, -0.25) is 0 Å². The standard InChI is InChI=1S/C8H16N6S2.Cu/c1-5(11-13-7(15)9-3)6(2)12-14-8(16)10-4;/h1-4H3,(H2,9,13,15)(H2,10,14,16);/q;+2/p-2/b11-5+,12-6+;. The van der Waals surface area contributed by atoms with Crippen LogP contribution in [-0.4, -0.2) is 35.9 Å². The van der Waals surface area contributed by atoms with E-state index in [0.717, 1.165) is 0 Å². The van der Waals surface area contributed by atoms with E-state index in [1.807, 2.05) is 0 Å². The maximum absolute atomic E-state index is 4.81. The van der Waals surface area contributed by atoms with Crippen LogP contribution in [0.25, 0.3) is 0 Å². The topological polar surface area (TPSA) is 73.5 Å². The molecule has 9 heteroatoms. The van der Waals surface area contributed by atoms with Gasteiger partial charge in [-0.1, -0.05) is 0 Å². The first-order valence-corrected chi connectivity index (χ1v) is 5.27. The van der Waals surface area contributed by atoms with Crippen molar-refractivity contribution in [2.24, 2.45) is 20.4 Å². The molecule has 0 bridgehead atoms. The van der Waals surface area contributed by atoms with Crippen molar-refractivity contribution in [2.75, 3.05) is 14.1 Å². The summed E-state index contributed by atoms with van der Waals surface area (Å²) in [6.07, 6.45) is 0. The molecule has 0 aliphatic carbocycles. The Kier molecular flexibility index (Phi) is 11.4. The third kappa shape index (κ3) is 8.99. The van der Waals surface area contributed by atoms with Gasteiger partial charge in [0.15, 0.2) is 0 Å². The second kappa shape index (κ2) is 10.4. The molecule has 0 atom stereocenters. The second-order valence-electron chi connectivity index (χ2n) is 2.68. The van der Waals surface area contributed by atoms with Gasteiger partial charge in [0.05, 0.1) is 11.4 Å².